The van der Waals surface area contributed by atoms with Crippen molar-refractivity contribution in [1.29, 1.82) is 0 Å². The van der Waals surface area contributed by atoms with Crippen LogP contribution in [-0.4, -0.2) is 5.25 Å². The zero-order valence-corrected chi connectivity index (χ0v) is 18.4. The highest BCUT2D eigenvalue weighted by Gasteiger charge is 2.35. The normalized spacial score (nSPS) is 25.8. The molecule has 0 saturated carbocycles. The summed E-state index contributed by atoms with van der Waals surface area (Å²) < 4.78 is 1.31. The molecule has 1 heterocycles. The Morgan fingerprint density at radius 3 is 2.74 bits per heavy atom. The van der Waals surface area contributed by atoms with E-state index < -0.39 is 0 Å². The summed E-state index contributed by atoms with van der Waals surface area (Å²) in [4.78, 5) is 1.46. The third kappa shape index (κ3) is 2.72. The quantitative estimate of drug-likeness (QED) is 0.466. The van der Waals surface area contributed by atoms with Gasteiger partial charge in [-0.25, -0.2) is 0 Å². The maximum Gasteiger partial charge on any atom is 0.0544 e. The summed E-state index contributed by atoms with van der Waals surface area (Å²) in [7, 11) is 0. The van der Waals surface area contributed by atoms with Gasteiger partial charge in [0.1, 0.15) is 0 Å². The van der Waals surface area contributed by atoms with Crippen molar-refractivity contribution in [2.45, 2.75) is 44.8 Å². The van der Waals surface area contributed by atoms with Crippen molar-refractivity contribution in [1.82, 2.24) is 0 Å². The Balaban J connectivity index is 1.40. The molecule has 27 heavy (non-hydrogen) atoms. The number of rotatable bonds is 3. The Bertz CT molecular complexity index is 1040. The van der Waals surface area contributed by atoms with E-state index in [-0.39, 0.29) is 0 Å². The molecule has 3 aliphatic carbocycles. The van der Waals surface area contributed by atoms with Crippen LogP contribution in [0.4, 0.5) is 0 Å². The van der Waals surface area contributed by atoms with Gasteiger partial charge in [-0.2, -0.15) is 0 Å². The summed E-state index contributed by atoms with van der Waals surface area (Å²) in [5.74, 6) is 0.552. The summed E-state index contributed by atoms with van der Waals surface area (Å²) in [5.41, 5.74) is 11.7. The molecule has 0 N–H and O–H groups in total. The SMILES string of the molecule is CC1=C(CCC2C=Cc3ccccc32)C2=CC3SC(C)=C(C)C3=C(Br)C2=C1. The summed E-state index contributed by atoms with van der Waals surface area (Å²) in [6, 6.07) is 8.82. The molecule has 5 rings (SSSR count). The van der Waals surface area contributed by atoms with Crippen LogP contribution in [0.25, 0.3) is 6.08 Å². The van der Waals surface area contributed by atoms with E-state index in [1.807, 2.05) is 11.8 Å². The van der Waals surface area contributed by atoms with Crippen molar-refractivity contribution in [2.24, 2.45) is 0 Å². The largest absolute Gasteiger partial charge is 0.118 e. The number of allylic oxidation sites excluding steroid dienone is 9. The lowest BCUT2D eigenvalue weighted by Gasteiger charge is -2.23. The van der Waals surface area contributed by atoms with Crippen molar-refractivity contribution >= 4 is 33.8 Å². The monoisotopic (exact) mass is 434 g/mol. The van der Waals surface area contributed by atoms with E-state index in [1.54, 1.807) is 5.57 Å². The molecule has 2 heteroatoms. The second-order valence-electron chi connectivity index (χ2n) is 7.88. The number of hydrogen-bond acceptors (Lipinski definition) is 1. The van der Waals surface area contributed by atoms with Crippen molar-refractivity contribution < 1.29 is 0 Å². The predicted octanol–water partition coefficient (Wildman–Crippen LogP) is 7.83. The van der Waals surface area contributed by atoms with E-state index in [1.165, 1.54) is 54.8 Å². The van der Waals surface area contributed by atoms with Crippen LogP contribution >= 0.6 is 27.7 Å². The average molecular weight is 435 g/mol. The first-order valence-electron chi connectivity index (χ1n) is 9.70. The fourth-order valence-electron chi connectivity index (χ4n) is 4.78. The van der Waals surface area contributed by atoms with Gasteiger partial charge >= 0.3 is 0 Å². The second-order valence-corrected chi connectivity index (χ2v) is 10.0. The maximum absolute atomic E-state index is 3.95. The minimum Gasteiger partial charge on any atom is -0.118 e. The summed E-state index contributed by atoms with van der Waals surface area (Å²) in [6.07, 6.45) is 11.9. The van der Waals surface area contributed by atoms with Gasteiger partial charge in [0.25, 0.3) is 0 Å². The lowest BCUT2D eigenvalue weighted by atomic mass is 9.86. The van der Waals surface area contributed by atoms with E-state index >= 15 is 0 Å². The van der Waals surface area contributed by atoms with Gasteiger partial charge in [-0.15, -0.1) is 11.8 Å². The van der Waals surface area contributed by atoms with Crippen LogP contribution in [0.3, 0.4) is 0 Å². The summed E-state index contributed by atoms with van der Waals surface area (Å²) >= 11 is 5.95. The molecule has 0 bridgehead atoms. The van der Waals surface area contributed by atoms with Crippen molar-refractivity contribution in [3.8, 4) is 0 Å². The van der Waals surface area contributed by atoms with Crippen LogP contribution in [0.2, 0.25) is 0 Å². The van der Waals surface area contributed by atoms with Gasteiger partial charge in [0, 0.05) is 10.4 Å². The first-order valence-corrected chi connectivity index (χ1v) is 11.4. The van der Waals surface area contributed by atoms with Crippen LogP contribution in [0.1, 0.15) is 50.7 Å². The molecule has 1 aromatic rings. The smallest absolute Gasteiger partial charge is 0.0544 e. The van der Waals surface area contributed by atoms with Crippen LogP contribution in [0, 0.1) is 0 Å². The van der Waals surface area contributed by atoms with Gasteiger partial charge in [0.15, 0.2) is 0 Å². The molecule has 0 fully saturated rings. The molecule has 0 nitrogen and oxygen atoms in total. The van der Waals surface area contributed by atoms with E-state index in [0.717, 1.165) is 6.42 Å². The minimum absolute atomic E-state index is 0.472. The molecule has 2 atom stereocenters. The molecule has 0 spiro atoms. The van der Waals surface area contributed by atoms with Crippen LogP contribution in [0.5, 0.6) is 0 Å². The van der Waals surface area contributed by atoms with E-state index in [4.69, 9.17) is 0 Å². The molecule has 0 saturated heterocycles. The van der Waals surface area contributed by atoms with Crippen molar-refractivity contribution in [2.75, 3.05) is 0 Å². The molecule has 0 radical (unpaired) electrons. The standard InChI is InChI=1S/C25H23BrS/c1-14-12-22-21(13-23-24(25(22)26)15(2)16(3)27-23)19(14)11-10-18-9-8-17-6-4-5-7-20(17)18/h4-9,12-13,18,23H,10-11H2,1-3H3. The number of halogens is 1. The molecule has 136 valence electrons. The van der Waals surface area contributed by atoms with Gasteiger partial charge in [0.2, 0.25) is 0 Å². The second kappa shape index (κ2) is 6.53. The number of thioether (sulfide) groups is 1. The molecule has 0 aromatic heterocycles. The Morgan fingerprint density at radius 2 is 1.89 bits per heavy atom. The lowest BCUT2D eigenvalue weighted by Crippen LogP contribution is -2.10. The van der Waals surface area contributed by atoms with E-state index in [9.17, 15) is 0 Å². The van der Waals surface area contributed by atoms with Gasteiger partial charge in [0.05, 0.1) is 5.25 Å². The Morgan fingerprint density at radius 1 is 1.07 bits per heavy atom. The van der Waals surface area contributed by atoms with Gasteiger partial charge < -0.3 is 0 Å². The Labute approximate surface area is 174 Å². The fraction of sp³-hybridized carbons (Fsp3) is 0.280. The Kier molecular flexibility index (Phi) is 4.25. The highest BCUT2D eigenvalue weighted by atomic mass is 79.9. The van der Waals surface area contributed by atoms with Crippen LogP contribution < -0.4 is 0 Å². The van der Waals surface area contributed by atoms with Crippen LogP contribution in [-0.2, 0) is 0 Å². The van der Waals surface area contributed by atoms with E-state index in [2.05, 4.69) is 85.3 Å². The zero-order valence-electron chi connectivity index (χ0n) is 16.0. The predicted molar refractivity (Wildman–Crippen MR) is 122 cm³/mol. The lowest BCUT2D eigenvalue weighted by molar-refractivity contribution is 0.742. The van der Waals surface area contributed by atoms with Crippen molar-refractivity contribution in [3.05, 3.63) is 96.4 Å². The molecular formula is C25H23BrS. The topological polar surface area (TPSA) is 0 Å². The number of fused-ring (bicyclic) bond motifs is 3. The molecule has 1 aliphatic heterocycles. The van der Waals surface area contributed by atoms with E-state index in [0.29, 0.717) is 11.2 Å². The zero-order chi connectivity index (χ0) is 18.7. The maximum atomic E-state index is 3.95. The molecule has 2 unspecified atom stereocenters. The summed E-state index contributed by atoms with van der Waals surface area (Å²) in [6.45, 7) is 6.79. The first kappa shape index (κ1) is 17.6. The average Bonchev–Trinajstić information content (AvgIpc) is 3.29. The molecular weight excluding hydrogens is 412 g/mol. The van der Waals surface area contributed by atoms with Gasteiger partial charge in [-0.05, 0) is 105 Å². The number of hydrogen-bond donors (Lipinski definition) is 0. The molecule has 1 aromatic carbocycles. The van der Waals surface area contributed by atoms with Gasteiger partial charge in [-0.1, -0.05) is 42.5 Å². The first-order chi connectivity index (χ1) is 13.0. The highest BCUT2D eigenvalue weighted by Crippen LogP contribution is 2.53. The third-order valence-electron chi connectivity index (χ3n) is 6.37. The van der Waals surface area contributed by atoms with Crippen LogP contribution in [0.15, 0.2) is 85.3 Å². The number of benzene rings is 1. The molecule has 0 amide bonds. The summed E-state index contributed by atoms with van der Waals surface area (Å²) in [5, 5.41) is 0.472. The fourth-order valence-corrected chi connectivity index (χ4v) is 7.09. The van der Waals surface area contributed by atoms with Gasteiger partial charge in [-0.3, -0.25) is 0 Å². The molecule has 4 aliphatic rings. The minimum atomic E-state index is 0.472. The Hall–Kier alpha value is -1.51. The highest BCUT2D eigenvalue weighted by molar-refractivity contribution is 9.12. The third-order valence-corrected chi connectivity index (χ3v) is 8.51. The van der Waals surface area contributed by atoms with Crippen molar-refractivity contribution in [3.63, 3.8) is 0 Å².